The van der Waals surface area contributed by atoms with Crippen LogP contribution >= 0.6 is 0 Å². The summed E-state index contributed by atoms with van der Waals surface area (Å²) in [4.78, 5) is 25.2. The van der Waals surface area contributed by atoms with Crippen molar-refractivity contribution in [3.05, 3.63) is 66.5 Å². The molecule has 0 spiro atoms. The highest BCUT2D eigenvalue weighted by molar-refractivity contribution is 5.96. The van der Waals surface area contributed by atoms with Gasteiger partial charge in [-0.05, 0) is 37.3 Å². The van der Waals surface area contributed by atoms with Gasteiger partial charge in [0, 0.05) is 24.7 Å². The van der Waals surface area contributed by atoms with Crippen molar-refractivity contribution < 1.29 is 19.1 Å². The van der Waals surface area contributed by atoms with E-state index in [1.54, 1.807) is 57.5 Å². The lowest BCUT2D eigenvalue weighted by Crippen LogP contribution is -1.97. The van der Waals surface area contributed by atoms with E-state index in [0.717, 1.165) is 11.5 Å². The lowest BCUT2D eigenvalue weighted by atomic mass is 10.1. The maximum atomic E-state index is 11.2. The molecular weight excluding hydrogens is 318 g/mol. The molecule has 25 heavy (non-hydrogen) atoms. The van der Waals surface area contributed by atoms with Crippen LogP contribution in [0.3, 0.4) is 0 Å². The minimum atomic E-state index is 0.0383. The summed E-state index contributed by atoms with van der Waals surface area (Å²) in [6.07, 6.45) is 7.66. The Kier molecular flexibility index (Phi) is 11.9. The summed E-state index contributed by atoms with van der Waals surface area (Å²) in [6, 6.07) is 6.56. The number of rotatable bonds is 8. The minimum absolute atomic E-state index is 0.0383. The first-order valence-electron chi connectivity index (χ1n) is 7.74. The third kappa shape index (κ3) is 9.71. The molecule has 0 saturated heterocycles. The van der Waals surface area contributed by atoms with Gasteiger partial charge in [0.1, 0.15) is 11.5 Å². The minimum Gasteiger partial charge on any atom is -0.497 e. The highest BCUT2D eigenvalue weighted by Gasteiger charge is 2.03. The number of Topliss-reactive ketones (excluding diaryl/α,β-unsaturated/α-hetero) is 1. The molecule has 0 aromatic heterocycles. The number of methoxy groups -OCH3 is 1. The van der Waals surface area contributed by atoms with E-state index in [2.05, 4.69) is 16.3 Å². The van der Waals surface area contributed by atoms with E-state index in [-0.39, 0.29) is 5.78 Å². The number of hydrogen-bond acceptors (Lipinski definition) is 5. The van der Waals surface area contributed by atoms with Gasteiger partial charge in [0.05, 0.1) is 7.11 Å². The zero-order valence-corrected chi connectivity index (χ0v) is 15.2. The molecular formula is C20H25NO4. The third-order valence-electron chi connectivity index (χ3n) is 3.02. The summed E-state index contributed by atoms with van der Waals surface area (Å²) in [5, 5.41) is 0. The normalized spacial score (nSPS) is 11.4. The van der Waals surface area contributed by atoms with Gasteiger partial charge >= 0.3 is 0 Å². The Morgan fingerprint density at radius 1 is 1.32 bits per heavy atom. The second-order valence-corrected chi connectivity index (χ2v) is 4.73. The van der Waals surface area contributed by atoms with E-state index in [1.165, 1.54) is 0 Å². The Hall–Kier alpha value is -2.95. The molecule has 0 unspecified atom stereocenters. The molecule has 0 aliphatic heterocycles. The van der Waals surface area contributed by atoms with Gasteiger partial charge in [0.2, 0.25) is 0 Å². The molecule has 0 bridgehead atoms. The van der Waals surface area contributed by atoms with Gasteiger partial charge in [-0.2, -0.15) is 0 Å². The number of ether oxygens (including phenoxy) is 2. The molecule has 1 aromatic rings. The molecule has 1 aromatic carbocycles. The van der Waals surface area contributed by atoms with Crippen LogP contribution in [0, 0.1) is 0 Å². The predicted molar refractivity (Wildman–Crippen MR) is 101 cm³/mol. The van der Waals surface area contributed by atoms with Crippen LogP contribution in [0.2, 0.25) is 0 Å². The van der Waals surface area contributed by atoms with Gasteiger partial charge in [0.25, 0.3) is 6.47 Å². The van der Waals surface area contributed by atoms with Crippen molar-refractivity contribution in [2.45, 2.75) is 20.3 Å². The molecule has 0 N–H and O–H groups in total. The molecule has 0 heterocycles. The molecule has 134 valence electrons. The second-order valence-electron chi connectivity index (χ2n) is 4.73. The maximum Gasteiger partial charge on any atom is 0.298 e. The van der Waals surface area contributed by atoms with E-state index in [0.29, 0.717) is 24.2 Å². The molecule has 0 amide bonds. The standard InChI is InChI=1S/C10H15NO.C10H10O3/c1-5-6-10(12-4)8-7-9(2)11-3;1-2-10(12)8-4-3-5-9(6-8)13-7-11/h5-8H,1H2,2-4H3;3-7H,2H2,1H3/b8-7+,10-6-,11-9?;. The smallest absolute Gasteiger partial charge is 0.298 e. The summed E-state index contributed by atoms with van der Waals surface area (Å²) in [7, 11) is 3.38. The summed E-state index contributed by atoms with van der Waals surface area (Å²) < 4.78 is 9.64. The van der Waals surface area contributed by atoms with E-state index < -0.39 is 0 Å². The number of carbonyl (C=O) groups excluding carboxylic acids is 2. The Labute approximate surface area is 149 Å². The van der Waals surface area contributed by atoms with Crippen LogP contribution in [-0.2, 0) is 9.53 Å². The zero-order valence-electron chi connectivity index (χ0n) is 15.2. The Bertz CT molecular complexity index is 657. The van der Waals surface area contributed by atoms with Crippen molar-refractivity contribution in [2.24, 2.45) is 4.99 Å². The molecule has 0 aliphatic carbocycles. The first kappa shape index (κ1) is 22.1. The zero-order chi connectivity index (χ0) is 19.1. The highest BCUT2D eigenvalue weighted by Crippen LogP contribution is 2.13. The second kappa shape index (κ2) is 13.5. The van der Waals surface area contributed by atoms with Gasteiger partial charge in [-0.3, -0.25) is 14.6 Å². The highest BCUT2D eigenvalue weighted by atomic mass is 16.5. The molecule has 1 rings (SSSR count). The third-order valence-corrected chi connectivity index (χ3v) is 3.02. The van der Waals surface area contributed by atoms with Crippen molar-refractivity contribution in [1.29, 1.82) is 0 Å². The Morgan fingerprint density at radius 3 is 2.56 bits per heavy atom. The van der Waals surface area contributed by atoms with Crippen molar-refractivity contribution in [1.82, 2.24) is 0 Å². The molecule has 5 nitrogen and oxygen atoms in total. The van der Waals surface area contributed by atoms with Crippen LogP contribution in [0.4, 0.5) is 0 Å². The monoisotopic (exact) mass is 343 g/mol. The molecule has 0 aliphatic rings. The summed E-state index contributed by atoms with van der Waals surface area (Å²) in [6.45, 7) is 7.63. The van der Waals surface area contributed by atoms with E-state index in [1.807, 2.05) is 19.1 Å². The Morgan fingerprint density at radius 2 is 2.04 bits per heavy atom. The lowest BCUT2D eigenvalue weighted by molar-refractivity contribution is -0.120. The first-order valence-corrected chi connectivity index (χ1v) is 7.74. The van der Waals surface area contributed by atoms with Gasteiger partial charge in [-0.1, -0.05) is 31.7 Å². The average Bonchev–Trinajstić information content (AvgIpc) is 2.65. The predicted octanol–water partition coefficient (Wildman–Crippen LogP) is 4.16. The molecule has 5 heteroatoms. The number of hydrogen-bond donors (Lipinski definition) is 0. The Balaban J connectivity index is 0.000000463. The summed E-state index contributed by atoms with van der Waals surface area (Å²) >= 11 is 0. The quantitative estimate of drug-likeness (QED) is 0.234. The van der Waals surface area contributed by atoms with Crippen LogP contribution in [-0.4, -0.2) is 32.1 Å². The number of nitrogens with zero attached hydrogens (tertiary/aromatic N) is 1. The summed E-state index contributed by atoms with van der Waals surface area (Å²) in [5.74, 6) is 1.21. The average molecular weight is 343 g/mol. The van der Waals surface area contributed by atoms with Crippen molar-refractivity contribution in [2.75, 3.05) is 14.2 Å². The van der Waals surface area contributed by atoms with Crippen molar-refractivity contribution in [3.8, 4) is 5.75 Å². The molecule has 0 radical (unpaired) electrons. The van der Waals surface area contributed by atoms with E-state index >= 15 is 0 Å². The topological polar surface area (TPSA) is 65.0 Å². The number of allylic oxidation sites excluding steroid dienone is 4. The van der Waals surface area contributed by atoms with Gasteiger partial charge in [-0.15, -0.1) is 0 Å². The van der Waals surface area contributed by atoms with Crippen molar-refractivity contribution in [3.63, 3.8) is 0 Å². The van der Waals surface area contributed by atoms with Crippen LogP contribution in [0.1, 0.15) is 30.6 Å². The van der Waals surface area contributed by atoms with Crippen LogP contribution < -0.4 is 4.74 Å². The largest absolute Gasteiger partial charge is 0.497 e. The number of carbonyl (C=O) groups is 2. The molecule has 0 atom stereocenters. The first-order chi connectivity index (χ1) is 12.0. The SMILES string of the molecule is C=C/C=C(/C=C/C(C)=NC)OC.CCC(=O)c1cccc(OC=O)c1. The fraction of sp³-hybridized carbons (Fsp3) is 0.250. The van der Waals surface area contributed by atoms with Crippen molar-refractivity contribution >= 4 is 18.0 Å². The number of ketones is 1. The van der Waals surface area contributed by atoms with E-state index in [9.17, 15) is 9.59 Å². The van der Waals surface area contributed by atoms with Crippen LogP contribution in [0.25, 0.3) is 0 Å². The van der Waals surface area contributed by atoms with Gasteiger partial charge in [-0.25, -0.2) is 0 Å². The summed E-state index contributed by atoms with van der Waals surface area (Å²) in [5.41, 5.74) is 1.53. The van der Waals surface area contributed by atoms with Gasteiger partial charge in [0.15, 0.2) is 5.78 Å². The number of aliphatic imine (C=N–C) groups is 1. The lowest BCUT2D eigenvalue weighted by Gasteiger charge is -2.00. The van der Waals surface area contributed by atoms with Gasteiger partial charge < -0.3 is 9.47 Å². The molecule has 0 fully saturated rings. The fourth-order valence-electron chi connectivity index (χ4n) is 1.59. The number of benzene rings is 1. The van der Waals surface area contributed by atoms with E-state index in [4.69, 9.17) is 4.74 Å². The van der Waals surface area contributed by atoms with Crippen LogP contribution in [0.5, 0.6) is 5.75 Å². The van der Waals surface area contributed by atoms with Crippen LogP contribution in [0.15, 0.2) is 65.9 Å². The molecule has 0 saturated carbocycles. The fourth-order valence-corrected chi connectivity index (χ4v) is 1.59. The maximum absolute atomic E-state index is 11.2.